The normalized spacial score (nSPS) is 10.9. The van der Waals surface area contributed by atoms with E-state index < -0.39 is 0 Å². The zero-order chi connectivity index (χ0) is 17.6. The van der Waals surface area contributed by atoms with Crippen molar-refractivity contribution < 1.29 is 0 Å². The molecule has 0 aromatic heterocycles. The van der Waals surface area contributed by atoms with Crippen LogP contribution in [0, 0.1) is 23.2 Å². The van der Waals surface area contributed by atoms with E-state index in [2.05, 4.69) is 37.0 Å². The molecule has 0 fully saturated rings. The maximum atomic E-state index is 3.32. The van der Waals surface area contributed by atoms with E-state index in [1.165, 1.54) is 89.9 Å². The zero-order valence-corrected chi connectivity index (χ0v) is 18.3. The Morgan fingerprint density at radius 2 is 0.792 bits per heavy atom. The van der Waals surface area contributed by atoms with Crippen LogP contribution >= 0.6 is 16.5 Å². The molecule has 0 amide bonds. The Labute approximate surface area is 156 Å². The van der Waals surface area contributed by atoms with Crippen molar-refractivity contribution in [2.45, 2.75) is 117 Å². The summed E-state index contributed by atoms with van der Waals surface area (Å²) in [7, 11) is 1.50. The SMILES string of the molecule is CCCCCCCCCC#CPPC#CCCCCCCCCC. The van der Waals surface area contributed by atoms with Gasteiger partial charge in [-0.3, -0.25) is 0 Å². The topological polar surface area (TPSA) is 0 Å². The Morgan fingerprint density at radius 1 is 0.458 bits per heavy atom. The van der Waals surface area contributed by atoms with Crippen LogP contribution in [0.25, 0.3) is 0 Å². The fourth-order valence-corrected chi connectivity index (χ4v) is 4.07. The first-order chi connectivity index (χ1) is 11.9. The van der Waals surface area contributed by atoms with E-state index >= 15 is 0 Å². The van der Waals surface area contributed by atoms with Gasteiger partial charge in [-0.05, 0) is 29.4 Å². The molecule has 0 rings (SSSR count). The number of unbranched alkanes of at least 4 members (excludes halogenated alkanes) is 14. The summed E-state index contributed by atoms with van der Waals surface area (Å²) in [5.74, 6) is 6.65. The molecule has 24 heavy (non-hydrogen) atoms. The van der Waals surface area contributed by atoms with Crippen molar-refractivity contribution in [1.29, 1.82) is 0 Å². The fourth-order valence-electron chi connectivity index (χ4n) is 2.62. The van der Waals surface area contributed by atoms with Crippen LogP contribution in [-0.4, -0.2) is 0 Å². The minimum atomic E-state index is 0.749. The van der Waals surface area contributed by atoms with E-state index in [0.29, 0.717) is 0 Å². The molecule has 0 aliphatic rings. The van der Waals surface area contributed by atoms with E-state index in [0.717, 1.165) is 29.4 Å². The maximum Gasteiger partial charge on any atom is 0.00921 e. The van der Waals surface area contributed by atoms with E-state index in [9.17, 15) is 0 Å². The van der Waals surface area contributed by atoms with Crippen molar-refractivity contribution in [3.05, 3.63) is 0 Å². The first-order valence-electron chi connectivity index (χ1n) is 10.4. The van der Waals surface area contributed by atoms with Crippen LogP contribution < -0.4 is 0 Å². The minimum Gasteiger partial charge on any atom is -0.0986 e. The molecule has 0 N–H and O–H groups in total. The van der Waals surface area contributed by atoms with E-state index in [1.54, 1.807) is 0 Å². The highest BCUT2D eigenvalue weighted by molar-refractivity contribution is 8.16. The molecule has 0 saturated heterocycles. The van der Waals surface area contributed by atoms with Crippen LogP contribution in [0.5, 0.6) is 0 Å². The predicted molar refractivity (Wildman–Crippen MR) is 117 cm³/mol. The van der Waals surface area contributed by atoms with Crippen molar-refractivity contribution in [1.82, 2.24) is 0 Å². The van der Waals surface area contributed by atoms with E-state index in [4.69, 9.17) is 0 Å². The highest BCUT2D eigenvalue weighted by Crippen LogP contribution is 2.33. The van der Waals surface area contributed by atoms with Crippen LogP contribution in [0.3, 0.4) is 0 Å². The standard InChI is InChI=1S/C22H40P2/c1-3-5-7-9-11-13-15-17-19-21-23-24-22-20-18-16-14-12-10-8-6-4-2/h23-24H,3-18H2,1-2H3. The number of hydrogen-bond acceptors (Lipinski definition) is 0. The van der Waals surface area contributed by atoms with Gasteiger partial charge in [0.05, 0.1) is 0 Å². The van der Waals surface area contributed by atoms with Crippen LogP contribution in [0.15, 0.2) is 0 Å². The molecule has 0 aliphatic heterocycles. The summed E-state index contributed by atoms with van der Waals surface area (Å²) in [6.07, 6.45) is 21.5. The molecule has 138 valence electrons. The molecule has 0 saturated carbocycles. The molecule has 0 aliphatic carbocycles. The van der Waals surface area contributed by atoms with Gasteiger partial charge >= 0.3 is 0 Å². The van der Waals surface area contributed by atoms with Gasteiger partial charge in [-0.1, -0.05) is 114 Å². The van der Waals surface area contributed by atoms with Gasteiger partial charge in [-0.25, -0.2) is 0 Å². The van der Waals surface area contributed by atoms with Gasteiger partial charge in [0.2, 0.25) is 0 Å². The zero-order valence-electron chi connectivity index (χ0n) is 16.3. The summed E-state index contributed by atoms with van der Waals surface area (Å²) in [5.41, 5.74) is 6.63. The summed E-state index contributed by atoms with van der Waals surface area (Å²) in [5, 5.41) is 0. The Kier molecular flexibility index (Phi) is 23.0. The lowest BCUT2D eigenvalue weighted by Crippen LogP contribution is -1.78. The Morgan fingerprint density at radius 3 is 1.17 bits per heavy atom. The summed E-state index contributed by atoms with van der Waals surface area (Å²) in [6, 6.07) is 0. The van der Waals surface area contributed by atoms with Crippen molar-refractivity contribution in [2.75, 3.05) is 0 Å². The van der Waals surface area contributed by atoms with Gasteiger partial charge < -0.3 is 0 Å². The van der Waals surface area contributed by atoms with Crippen LogP contribution in [0.4, 0.5) is 0 Å². The summed E-state index contributed by atoms with van der Waals surface area (Å²) < 4.78 is 0. The molecule has 0 aromatic carbocycles. The Bertz CT molecular complexity index is 318. The average Bonchev–Trinajstić information content (AvgIpc) is 2.60. The predicted octanol–water partition coefficient (Wildman–Crippen LogP) is 8.46. The average molecular weight is 367 g/mol. The van der Waals surface area contributed by atoms with Crippen LogP contribution in [-0.2, 0) is 0 Å². The van der Waals surface area contributed by atoms with Crippen LogP contribution in [0.2, 0.25) is 0 Å². The lowest BCUT2D eigenvalue weighted by molar-refractivity contribution is 0.594. The smallest absolute Gasteiger partial charge is 0.00921 e. The molecule has 2 atom stereocenters. The minimum absolute atomic E-state index is 0.749. The van der Waals surface area contributed by atoms with E-state index in [1.807, 2.05) is 0 Å². The highest BCUT2D eigenvalue weighted by atomic mass is 32.0. The lowest BCUT2D eigenvalue weighted by atomic mass is 10.1. The quantitative estimate of drug-likeness (QED) is 0.155. The Balaban J connectivity index is 3.21. The third-order valence-corrected chi connectivity index (χ3v) is 6.03. The monoisotopic (exact) mass is 366 g/mol. The second kappa shape index (κ2) is 23.0. The highest BCUT2D eigenvalue weighted by Gasteiger charge is 1.90. The van der Waals surface area contributed by atoms with Crippen molar-refractivity contribution >= 4 is 16.5 Å². The molecule has 0 radical (unpaired) electrons. The fraction of sp³-hybridized carbons (Fsp3) is 0.818. The molecular formula is C22H40P2. The first-order valence-corrected chi connectivity index (χ1v) is 13.4. The first kappa shape index (κ1) is 24.0. The van der Waals surface area contributed by atoms with Gasteiger partial charge in [0.15, 0.2) is 0 Å². The largest absolute Gasteiger partial charge is 0.0986 e. The lowest BCUT2D eigenvalue weighted by Gasteiger charge is -1.98. The van der Waals surface area contributed by atoms with Gasteiger partial charge in [-0.2, -0.15) is 0 Å². The Hall–Kier alpha value is -0.0200. The molecule has 0 spiro atoms. The molecule has 2 unspecified atom stereocenters. The molecule has 0 aromatic rings. The van der Waals surface area contributed by atoms with Crippen molar-refractivity contribution in [3.8, 4) is 23.2 Å². The maximum absolute atomic E-state index is 3.32. The van der Waals surface area contributed by atoms with Gasteiger partial charge in [0, 0.05) is 12.8 Å². The van der Waals surface area contributed by atoms with Crippen molar-refractivity contribution in [3.63, 3.8) is 0 Å². The molecule has 2 heteroatoms. The number of rotatable bonds is 15. The van der Waals surface area contributed by atoms with Gasteiger partial charge in [0.25, 0.3) is 0 Å². The molecular weight excluding hydrogens is 326 g/mol. The van der Waals surface area contributed by atoms with Gasteiger partial charge in [0.1, 0.15) is 0 Å². The summed E-state index contributed by atoms with van der Waals surface area (Å²) >= 11 is 0. The van der Waals surface area contributed by atoms with E-state index in [-0.39, 0.29) is 0 Å². The number of hydrogen-bond donors (Lipinski definition) is 0. The summed E-state index contributed by atoms with van der Waals surface area (Å²) in [6.45, 7) is 4.55. The molecule has 0 heterocycles. The van der Waals surface area contributed by atoms with Crippen LogP contribution in [0.1, 0.15) is 117 Å². The third kappa shape index (κ3) is 22.0. The second-order valence-corrected chi connectivity index (χ2v) is 9.10. The third-order valence-electron chi connectivity index (χ3n) is 4.17. The van der Waals surface area contributed by atoms with Gasteiger partial charge in [-0.15, -0.1) is 0 Å². The molecule has 0 nitrogen and oxygen atoms in total. The summed E-state index contributed by atoms with van der Waals surface area (Å²) in [4.78, 5) is 0. The second-order valence-electron chi connectivity index (χ2n) is 6.60. The molecule has 0 bridgehead atoms. The van der Waals surface area contributed by atoms with Crippen molar-refractivity contribution in [2.24, 2.45) is 0 Å².